The zero-order chi connectivity index (χ0) is 11.8. The van der Waals surface area contributed by atoms with Crippen LogP contribution in [-0.2, 0) is 4.79 Å². The van der Waals surface area contributed by atoms with Crippen LogP contribution in [0, 0.1) is 0 Å². The molecular weight excluding hydrogens is 206 g/mol. The van der Waals surface area contributed by atoms with Gasteiger partial charge in [0.1, 0.15) is 0 Å². The van der Waals surface area contributed by atoms with Crippen molar-refractivity contribution in [3.8, 4) is 0 Å². The van der Waals surface area contributed by atoms with Crippen molar-refractivity contribution in [2.24, 2.45) is 5.73 Å². The van der Waals surface area contributed by atoms with Crippen molar-refractivity contribution in [3.63, 3.8) is 0 Å². The summed E-state index contributed by atoms with van der Waals surface area (Å²) in [6.07, 6.45) is 3.93. The molecule has 86 valence electrons. The molecule has 0 atom stereocenters. The number of primary amides is 1. The minimum absolute atomic E-state index is 0.330. The molecule has 0 aromatic carbocycles. The number of allylic oxidation sites excluding steroid dienone is 2. The molecule has 3 heteroatoms. The summed E-state index contributed by atoms with van der Waals surface area (Å²) in [6.45, 7) is 10.1. The Hall–Kier alpha value is -0.700. The lowest BCUT2D eigenvalue weighted by Gasteiger charge is -2.09. The molecule has 0 bridgehead atoms. The van der Waals surface area contributed by atoms with E-state index in [4.69, 9.17) is 5.73 Å². The second-order valence-electron chi connectivity index (χ2n) is 3.61. The van der Waals surface area contributed by atoms with Crippen LogP contribution in [0.4, 0.5) is 0 Å². The van der Waals surface area contributed by atoms with Crippen molar-refractivity contribution < 1.29 is 4.79 Å². The lowest BCUT2D eigenvalue weighted by Crippen LogP contribution is -2.13. The van der Waals surface area contributed by atoms with Gasteiger partial charge in [-0.15, -0.1) is 0 Å². The van der Waals surface area contributed by atoms with E-state index in [2.05, 4.69) is 20.4 Å². The summed E-state index contributed by atoms with van der Waals surface area (Å²) in [5, 5.41) is 0. The van der Waals surface area contributed by atoms with E-state index >= 15 is 0 Å². The summed E-state index contributed by atoms with van der Waals surface area (Å²) in [6, 6.07) is 0. The van der Waals surface area contributed by atoms with Crippen LogP contribution in [0.15, 0.2) is 22.0 Å². The van der Waals surface area contributed by atoms with Gasteiger partial charge in [-0.2, -0.15) is 0 Å². The first-order valence-electron chi connectivity index (χ1n) is 5.38. The summed E-state index contributed by atoms with van der Waals surface area (Å²) >= 11 is 1.44. The second-order valence-corrected chi connectivity index (χ2v) is 4.80. The van der Waals surface area contributed by atoms with E-state index in [0.717, 1.165) is 36.2 Å². The quantitative estimate of drug-likeness (QED) is 0.675. The van der Waals surface area contributed by atoms with Crippen molar-refractivity contribution in [2.45, 2.75) is 46.5 Å². The third kappa shape index (κ3) is 5.67. The number of thioether (sulfide) groups is 1. The Morgan fingerprint density at radius 3 is 2.20 bits per heavy atom. The third-order valence-corrected chi connectivity index (χ3v) is 3.26. The number of hydrogen-bond donors (Lipinski definition) is 1. The molecule has 0 saturated heterocycles. The maximum Gasteiger partial charge on any atom is 0.255 e. The maximum atomic E-state index is 11.3. The number of hydrogen-bond acceptors (Lipinski definition) is 2. The van der Waals surface area contributed by atoms with Crippen LogP contribution in [0.3, 0.4) is 0 Å². The molecule has 0 aromatic rings. The summed E-state index contributed by atoms with van der Waals surface area (Å²) in [4.78, 5) is 12.9. The molecule has 0 unspecified atom stereocenters. The van der Waals surface area contributed by atoms with E-state index in [9.17, 15) is 4.79 Å². The van der Waals surface area contributed by atoms with Gasteiger partial charge in [0.25, 0.3) is 5.91 Å². The van der Waals surface area contributed by atoms with Crippen LogP contribution in [0.5, 0.6) is 0 Å². The van der Waals surface area contributed by atoms with Gasteiger partial charge in [0.2, 0.25) is 0 Å². The molecule has 0 spiro atoms. The van der Waals surface area contributed by atoms with Crippen molar-refractivity contribution in [3.05, 3.63) is 22.0 Å². The highest BCUT2D eigenvalue weighted by Crippen LogP contribution is 2.30. The van der Waals surface area contributed by atoms with Crippen LogP contribution >= 0.6 is 11.8 Å². The largest absolute Gasteiger partial charge is 0.365 e. The summed E-state index contributed by atoms with van der Waals surface area (Å²) in [5.41, 5.74) is 6.43. The van der Waals surface area contributed by atoms with Crippen LogP contribution in [0.1, 0.15) is 46.5 Å². The zero-order valence-corrected chi connectivity index (χ0v) is 10.7. The molecule has 1 amide bonds. The summed E-state index contributed by atoms with van der Waals surface area (Å²) in [5.74, 6) is -0.330. The molecule has 0 fully saturated rings. The molecule has 2 N–H and O–H groups in total. The van der Waals surface area contributed by atoms with Gasteiger partial charge in [-0.3, -0.25) is 4.79 Å². The minimum atomic E-state index is -0.330. The third-order valence-electron chi connectivity index (χ3n) is 2.01. The number of carbonyl (C=O) groups is 1. The predicted molar refractivity (Wildman–Crippen MR) is 68.4 cm³/mol. The molecule has 0 saturated carbocycles. The molecule has 0 aliphatic rings. The highest BCUT2D eigenvalue weighted by Gasteiger charge is 2.11. The summed E-state index contributed by atoms with van der Waals surface area (Å²) < 4.78 is 0. The molecule has 0 aliphatic carbocycles. The standard InChI is InChI=1S/C12H21NOS/c1-5-7-9(3)11(12(13)14)15-10(4)8-6-2/h4-8H2,1-3H3,(H2,13,14)/b11-9-. The normalized spacial score (nSPS) is 12.2. The zero-order valence-electron chi connectivity index (χ0n) is 9.93. The van der Waals surface area contributed by atoms with Gasteiger partial charge in [-0.1, -0.05) is 50.6 Å². The van der Waals surface area contributed by atoms with E-state index in [1.165, 1.54) is 11.8 Å². The smallest absolute Gasteiger partial charge is 0.255 e. The van der Waals surface area contributed by atoms with Crippen molar-refractivity contribution in [2.75, 3.05) is 0 Å². The molecule has 2 nitrogen and oxygen atoms in total. The second kappa shape index (κ2) is 7.57. The summed E-state index contributed by atoms with van der Waals surface area (Å²) in [7, 11) is 0. The van der Waals surface area contributed by atoms with Crippen LogP contribution in [0.25, 0.3) is 0 Å². The molecule has 0 rings (SSSR count). The number of rotatable bonds is 7. The Labute approximate surface area is 97.0 Å². The van der Waals surface area contributed by atoms with Gasteiger partial charge in [-0.25, -0.2) is 0 Å². The Kier molecular flexibility index (Phi) is 7.22. The molecule has 0 aromatic heterocycles. The average Bonchev–Trinajstić information content (AvgIpc) is 2.14. The average molecular weight is 227 g/mol. The van der Waals surface area contributed by atoms with E-state index in [1.807, 2.05) is 6.92 Å². The lowest BCUT2D eigenvalue weighted by molar-refractivity contribution is -0.113. The molecular formula is C12H21NOS. The monoisotopic (exact) mass is 227 g/mol. The van der Waals surface area contributed by atoms with Gasteiger partial charge in [0, 0.05) is 0 Å². The molecule has 0 heterocycles. The predicted octanol–water partition coefficient (Wildman–Crippen LogP) is 3.59. The van der Waals surface area contributed by atoms with Crippen molar-refractivity contribution in [1.82, 2.24) is 0 Å². The first kappa shape index (κ1) is 14.3. The highest BCUT2D eigenvalue weighted by molar-refractivity contribution is 8.07. The fourth-order valence-corrected chi connectivity index (χ4v) is 2.28. The molecule has 15 heavy (non-hydrogen) atoms. The van der Waals surface area contributed by atoms with Crippen molar-refractivity contribution in [1.29, 1.82) is 0 Å². The Balaban J connectivity index is 4.61. The van der Waals surface area contributed by atoms with E-state index in [-0.39, 0.29) is 5.91 Å². The van der Waals surface area contributed by atoms with Gasteiger partial charge in [0.05, 0.1) is 4.91 Å². The van der Waals surface area contributed by atoms with Gasteiger partial charge >= 0.3 is 0 Å². The SMILES string of the molecule is C=C(CCC)S/C(C(N)=O)=C(/C)CCC. The number of carbonyl (C=O) groups excluding carboxylic acids is 1. The van der Waals surface area contributed by atoms with E-state index < -0.39 is 0 Å². The van der Waals surface area contributed by atoms with Crippen LogP contribution in [0.2, 0.25) is 0 Å². The first-order chi connectivity index (χ1) is 7.02. The maximum absolute atomic E-state index is 11.3. The Morgan fingerprint density at radius 1 is 1.27 bits per heavy atom. The fraction of sp³-hybridized carbons (Fsp3) is 0.583. The highest BCUT2D eigenvalue weighted by atomic mass is 32.2. The van der Waals surface area contributed by atoms with Crippen LogP contribution < -0.4 is 5.73 Å². The fourth-order valence-electron chi connectivity index (χ4n) is 1.31. The topological polar surface area (TPSA) is 43.1 Å². The van der Waals surface area contributed by atoms with Crippen LogP contribution in [-0.4, -0.2) is 5.91 Å². The Bertz CT molecular complexity index is 269. The first-order valence-corrected chi connectivity index (χ1v) is 6.19. The van der Waals surface area contributed by atoms with Gasteiger partial charge in [-0.05, 0) is 24.7 Å². The number of nitrogens with two attached hydrogens (primary N) is 1. The van der Waals surface area contributed by atoms with E-state index in [1.54, 1.807) is 0 Å². The Morgan fingerprint density at radius 2 is 1.80 bits per heavy atom. The van der Waals surface area contributed by atoms with Gasteiger partial charge in [0.15, 0.2) is 0 Å². The van der Waals surface area contributed by atoms with Gasteiger partial charge < -0.3 is 5.73 Å². The molecule has 0 radical (unpaired) electrons. The minimum Gasteiger partial charge on any atom is -0.365 e. The van der Waals surface area contributed by atoms with E-state index in [0.29, 0.717) is 4.91 Å². The molecule has 0 aliphatic heterocycles. The van der Waals surface area contributed by atoms with Crippen molar-refractivity contribution >= 4 is 17.7 Å². The number of amides is 1. The lowest BCUT2D eigenvalue weighted by atomic mass is 10.1.